The van der Waals surface area contributed by atoms with Crippen LogP contribution in [0, 0.1) is 11.9 Å². The van der Waals surface area contributed by atoms with Crippen LogP contribution in [0.3, 0.4) is 0 Å². The second-order valence-corrected chi connectivity index (χ2v) is 7.11. The van der Waals surface area contributed by atoms with Crippen LogP contribution in [0.4, 0.5) is 4.39 Å². The average Bonchev–Trinajstić information content (AvgIpc) is 2.91. The second-order valence-electron chi connectivity index (χ2n) is 6.68. The number of aliphatic imine (C=N–C) groups is 1. The number of benzene rings is 3. The van der Waals surface area contributed by atoms with Crippen LogP contribution in [0.15, 0.2) is 77.9 Å². The SMILES string of the molecule is Fc1ccccc1C1=NCc2cnc(-c3[c]cccc3)nc2-c2ccc(Cl)cc21. The lowest BCUT2D eigenvalue weighted by Gasteiger charge is -2.12. The Labute approximate surface area is 172 Å². The van der Waals surface area contributed by atoms with Crippen LogP contribution in [-0.4, -0.2) is 15.7 Å². The molecule has 0 aliphatic carbocycles. The first kappa shape index (κ1) is 17.7. The van der Waals surface area contributed by atoms with Crippen LogP contribution in [0.1, 0.15) is 16.7 Å². The Morgan fingerprint density at radius 3 is 2.62 bits per heavy atom. The van der Waals surface area contributed by atoms with E-state index in [0.717, 1.165) is 27.9 Å². The summed E-state index contributed by atoms with van der Waals surface area (Å²) >= 11 is 6.29. The van der Waals surface area contributed by atoms with Crippen LogP contribution in [0.2, 0.25) is 5.02 Å². The number of nitrogens with zero attached hydrogens (tertiary/aromatic N) is 3. The molecule has 3 nitrogen and oxygen atoms in total. The van der Waals surface area contributed by atoms with Crippen molar-refractivity contribution in [2.24, 2.45) is 4.99 Å². The summed E-state index contributed by atoms with van der Waals surface area (Å²) in [4.78, 5) is 14.0. The molecular formula is C24H14ClFN3. The number of rotatable bonds is 2. The molecule has 0 saturated carbocycles. The first-order chi connectivity index (χ1) is 14.2. The molecule has 2 heterocycles. The zero-order valence-electron chi connectivity index (χ0n) is 15.2. The van der Waals surface area contributed by atoms with Crippen molar-refractivity contribution in [3.05, 3.63) is 107 Å². The number of hydrogen-bond donors (Lipinski definition) is 0. The summed E-state index contributed by atoms with van der Waals surface area (Å²) < 4.78 is 14.6. The lowest BCUT2D eigenvalue weighted by atomic mass is 9.95. The molecule has 1 radical (unpaired) electrons. The third-order valence-electron chi connectivity index (χ3n) is 4.84. The van der Waals surface area contributed by atoms with E-state index in [1.54, 1.807) is 24.4 Å². The molecule has 1 aliphatic heterocycles. The second kappa shape index (κ2) is 7.22. The van der Waals surface area contributed by atoms with E-state index < -0.39 is 0 Å². The lowest BCUT2D eigenvalue weighted by molar-refractivity contribution is 0.625. The fourth-order valence-corrected chi connectivity index (χ4v) is 3.64. The van der Waals surface area contributed by atoms with E-state index in [0.29, 0.717) is 28.7 Å². The van der Waals surface area contributed by atoms with Crippen LogP contribution in [0.5, 0.6) is 0 Å². The van der Waals surface area contributed by atoms with Crippen molar-refractivity contribution in [1.29, 1.82) is 0 Å². The van der Waals surface area contributed by atoms with Gasteiger partial charge in [-0.05, 0) is 30.3 Å². The molecule has 1 aromatic heterocycles. The van der Waals surface area contributed by atoms with E-state index in [9.17, 15) is 4.39 Å². The maximum Gasteiger partial charge on any atom is 0.160 e. The van der Waals surface area contributed by atoms with Crippen LogP contribution in [-0.2, 0) is 6.54 Å². The minimum absolute atomic E-state index is 0.325. The van der Waals surface area contributed by atoms with E-state index in [2.05, 4.69) is 11.1 Å². The lowest BCUT2D eigenvalue weighted by Crippen LogP contribution is -2.07. The molecule has 3 aromatic carbocycles. The van der Waals surface area contributed by atoms with Crippen molar-refractivity contribution in [2.75, 3.05) is 0 Å². The summed E-state index contributed by atoms with van der Waals surface area (Å²) in [5.41, 5.74) is 5.06. The minimum atomic E-state index is -0.325. The standard InChI is InChI=1S/C24H14ClFN3/c25-17-10-11-18-20(12-17)23(19-8-4-5-9-21(19)26)27-13-16-14-28-24(29-22(16)18)15-6-2-1-3-7-15/h1-6,8-12,14H,13H2. The fraction of sp³-hybridized carbons (Fsp3) is 0.0417. The Bertz CT molecular complexity index is 1250. The van der Waals surface area contributed by atoms with E-state index in [1.807, 2.05) is 42.5 Å². The third-order valence-corrected chi connectivity index (χ3v) is 5.08. The summed E-state index contributed by atoms with van der Waals surface area (Å²) in [6, 6.07) is 22.9. The van der Waals surface area contributed by atoms with Crippen LogP contribution < -0.4 is 0 Å². The Morgan fingerprint density at radius 1 is 0.931 bits per heavy atom. The van der Waals surface area contributed by atoms with Gasteiger partial charge in [-0.2, -0.15) is 0 Å². The van der Waals surface area contributed by atoms with Gasteiger partial charge in [-0.1, -0.05) is 54.1 Å². The summed E-state index contributed by atoms with van der Waals surface area (Å²) in [7, 11) is 0. The van der Waals surface area contributed by atoms with Crippen LogP contribution in [0.25, 0.3) is 22.6 Å². The number of halogens is 2. The topological polar surface area (TPSA) is 38.1 Å². The average molecular weight is 399 g/mol. The zero-order chi connectivity index (χ0) is 19.8. The molecule has 0 amide bonds. The Hall–Kier alpha value is -3.37. The Kier molecular flexibility index (Phi) is 4.41. The van der Waals surface area contributed by atoms with Gasteiger partial charge in [0.15, 0.2) is 5.82 Å². The van der Waals surface area contributed by atoms with Crippen molar-refractivity contribution in [1.82, 2.24) is 9.97 Å². The highest BCUT2D eigenvalue weighted by atomic mass is 35.5. The highest BCUT2D eigenvalue weighted by Gasteiger charge is 2.23. The Balaban J connectivity index is 1.73. The molecule has 139 valence electrons. The van der Waals surface area contributed by atoms with Crippen LogP contribution >= 0.6 is 11.6 Å². The first-order valence-electron chi connectivity index (χ1n) is 9.13. The fourth-order valence-electron chi connectivity index (χ4n) is 3.47. The molecule has 5 heteroatoms. The van der Waals surface area contributed by atoms with Gasteiger partial charge in [0.25, 0.3) is 0 Å². The molecule has 1 aliphatic rings. The number of aromatic nitrogens is 2. The van der Waals surface area contributed by atoms with E-state index in [4.69, 9.17) is 21.6 Å². The van der Waals surface area contributed by atoms with E-state index in [-0.39, 0.29) is 5.82 Å². The summed E-state index contributed by atoms with van der Waals surface area (Å²) in [5.74, 6) is 0.258. The normalized spacial score (nSPS) is 12.6. The largest absolute Gasteiger partial charge is 0.279 e. The van der Waals surface area contributed by atoms with Gasteiger partial charge in [0.1, 0.15) is 5.82 Å². The van der Waals surface area contributed by atoms with Gasteiger partial charge in [-0.15, -0.1) is 0 Å². The molecule has 0 N–H and O–H groups in total. The number of hydrogen-bond acceptors (Lipinski definition) is 3. The molecule has 0 saturated heterocycles. The molecule has 0 unspecified atom stereocenters. The van der Waals surface area contributed by atoms with E-state index >= 15 is 0 Å². The van der Waals surface area contributed by atoms with Gasteiger partial charge >= 0.3 is 0 Å². The quantitative estimate of drug-likeness (QED) is 0.431. The maximum atomic E-state index is 14.6. The summed E-state index contributed by atoms with van der Waals surface area (Å²) in [5, 5.41) is 0.557. The minimum Gasteiger partial charge on any atom is -0.279 e. The first-order valence-corrected chi connectivity index (χ1v) is 9.51. The monoisotopic (exact) mass is 398 g/mol. The van der Waals surface area contributed by atoms with Gasteiger partial charge in [-0.25, -0.2) is 14.4 Å². The van der Waals surface area contributed by atoms with Crippen molar-refractivity contribution < 1.29 is 4.39 Å². The predicted molar refractivity (Wildman–Crippen MR) is 112 cm³/mol. The van der Waals surface area contributed by atoms with E-state index in [1.165, 1.54) is 6.07 Å². The van der Waals surface area contributed by atoms with Gasteiger partial charge in [0.05, 0.1) is 18.0 Å². The van der Waals surface area contributed by atoms with Crippen molar-refractivity contribution >= 4 is 17.3 Å². The van der Waals surface area contributed by atoms with Gasteiger partial charge < -0.3 is 0 Å². The molecule has 0 atom stereocenters. The van der Waals surface area contributed by atoms with Gasteiger partial charge in [0.2, 0.25) is 0 Å². The summed E-state index contributed by atoms with van der Waals surface area (Å²) in [6.07, 6.45) is 1.78. The van der Waals surface area contributed by atoms with Crippen molar-refractivity contribution in [2.45, 2.75) is 6.54 Å². The molecular weight excluding hydrogens is 385 g/mol. The maximum absolute atomic E-state index is 14.6. The number of fused-ring (bicyclic) bond motifs is 3. The zero-order valence-corrected chi connectivity index (χ0v) is 16.0. The molecule has 0 fully saturated rings. The molecule has 5 rings (SSSR count). The highest BCUT2D eigenvalue weighted by Crippen LogP contribution is 2.34. The highest BCUT2D eigenvalue weighted by molar-refractivity contribution is 6.31. The molecule has 4 aromatic rings. The van der Waals surface area contributed by atoms with Crippen molar-refractivity contribution in [3.8, 4) is 22.6 Å². The van der Waals surface area contributed by atoms with Gasteiger partial charge in [0, 0.05) is 39.0 Å². The smallest absolute Gasteiger partial charge is 0.160 e. The molecule has 0 bridgehead atoms. The Morgan fingerprint density at radius 2 is 1.79 bits per heavy atom. The van der Waals surface area contributed by atoms with Gasteiger partial charge in [-0.3, -0.25) is 4.99 Å². The molecule has 29 heavy (non-hydrogen) atoms. The predicted octanol–water partition coefficient (Wildman–Crippen LogP) is 5.75. The van der Waals surface area contributed by atoms with Crippen molar-refractivity contribution in [3.63, 3.8) is 0 Å². The third kappa shape index (κ3) is 3.22. The molecule has 0 spiro atoms. The summed E-state index contributed by atoms with van der Waals surface area (Å²) in [6.45, 7) is 0.351.